The quantitative estimate of drug-likeness (QED) is 0.649. The molecule has 1 N–H and O–H groups in total. The van der Waals surface area contributed by atoms with Gasteiger partial charge >= 0.3 is 0 Å². The Morgan fingerprint density at radius 1 is 1.17 bits per heavy atom. The number of thiazole rings is 1. The van der Waals surface area contributed by atoms with Gasteiger partial charge in [-0.05, 0) is 31.9 Å². The van der Waals surface area contributed by atoms with Crippen molar-refractivity contribution < 1.29 is 14.1 Å². The number of aryl methyl sites for hydroxylation is 2. The molecule has 1 fully saturated rings. The summed E-state index contributed by atoms with van der Waals surface area (Å²) >= 11 is 1.41. The molecule has 0 saturated heterocycles. The lowest BCUT2D eigenvalue weighted by molar-refractivity contribution is 0.0850. The summed E-state index contributed by atoms with van der Waals surface area (Å²) in [6.45, 7) is 4.12. The van der Waals surface area contributed by atoms with Gasteiger partial charge in [0, 0.05) is 12.3 Å². The van der Waals surface area contributed by atoms with Crippen LogP contribution in [-0.4, -0.2) is 21.0 Å². The number of aromatic nitrogens is 3. The lowest BCUT2D eigenvalue weighted by atomic mass is 9.81. The van der Waals surface area contributed by atoms with E-state index in [9.17, 15) is 4.79 Å². The second kappa shape index (κ2) is 8.32. The van der Waals surface area contributed by atoms with Gasteiger partial charge in [0.25, 0.3) is 5.91 Å². The van der Waals surface area contributed by atoms with E-state index in [1.807, 2.05) is 31.2 Å². The predicted octanol–water partition coefficient (Wildman–Crippen LogP) is 4.31. The molecular weight excluding hydrogens is 388 g/mol. The minimum atomic E-state index is -0.588. The molecule has 7 nitrogen and oxygen atoms in total. The molecule has 3 aromatic rings. The number of carbonyl (C=O) groups excluding carboxylic acids is 1. The lowest BCUT2D eigenvalue weighted by Gasteiger charge is -2.35. The Bertz CT molecular complexity index is 974. The minimum absolute atomic E-state index is 0.216. The first-order valence-corrected chi connectivity index (χ1v) is 10.7. The fourth-order valence-corrected chi connectivity index (χ4v) is 4.28. The smallest absolute Gasteiger partial charge is 0.271 e. The zero-order valence-electron chi connectivity index (χ0n) is 16.6. The topological polar surface area (TPSA) is 90.1 Å². The van der Waals surface area contributed by atoms with Crippen molar-refractivity contribution in [2.45, 2.75) is 58.1 Å². The number of hydrogen-bond donors (Lipinski definition) is 1. The van der Waals surface area contributed by atoms with E-state index in [0.29, 0.717) is 24.0 Å². The van der Waals surface area contributed by atoms with Gasteiger partial charge in [-0.1, -0.05) is 42.1 Å². The van der Waals surface area contributed by atoms with Gasteiger partial charge in [0.2, 0.25) is 5.89 Å². The molecule has 4 rings (SSSR count). The first-order chi connectivity index (χ1) is 14.0. The summed E-state index contributed by atoms with van der Waals surface area (Å²) in [5.41, 5.74) is 0.983. The number of hydrogen-bond acceptors (Lipinski definition) is 7. The van der Waals surface area contributed by atoms with Crippen molar-refractivity contribution in [3.8, 4) is 5.75 Å². The van der Waals surface area contributed by atoms with E-state index in [0.717, 1.165) is 42.9 Å². The third-order valence-electron chi connectivity index (χ3n) is 5.18. The number of ether oxygens (including phenoxy) is 1. The fourth-order valence-electron chi connectivity index (χ4n) is 3.60. The molecule has 8 heteroatoms. The van der Waals surface area contributed by atoms with Gasteiger partial charge in [0.15, 0.2) is 5.82 Å². The van der Waals surface area contributed by atoms with Gasteiger partial charge in [-0.2, -0.15) is 4.98 Å². The summed E-state index contributed by atoms with van der Waals surface area (Å²) in [6, 6.07) is 7.85. The predicted molar refractivity (Wildman–Crippen MR) is 109 cm³/mol. The van der Waals surface area contributed by atoms with Crippen molar-refractivity contribution in [3.05, 3.63) is 57.6 Å². The highest BCUT2D eigenvalue weighted by Crippen LogP contribution is 2.36. The van der Waals surface area contributed by atoms with Gasteiger partial charge < -0.3 is 14.6 Å². The maximum Gasteiger partial charge on any atom is 0.271 e. The highest BCUT2D eigenvalue weighted by molar-refractivity contribution is 7.09. The third-order valence-corrected chi connectivity index (χ3v) is 6.01. The summed E-state index contributed by atoms with van der Waals surface area (Å²) in [5, 5.41) is 9.76. The Hall–Kier alpha value is -2.74. The van der Waals surface area contributed by atoms with Gasteiger partial charge in [-0.3, -0.25) is 4.79 Å². The fraction of sp³-hybridized carbons (Fsp3) is 0.429. The lowest BCUT2D eigenvalue weighted by Crippen LogP contribution is -2.48. The zero-order valence-corrected chi connectivity index (χ0v) is 17.4. The molecule has 0 atom stereocenters. The molecule has 29 heavy (non-hydrogen) atoms. The van der Waals surface area contributed by atoms with Gasteiger partial charge in [0.05, 0.1) is 0 Å². The summed E-state index contributed by atoms with van der Waals surface area (Å²) < 4.78 is 10.9. The third kappa shape index (κ3) is 4.48. The van der Waals surface area contributed by atoms with Gasteiger partial charge in [-0.15, -0.1) is 11.3 Å². The first-order valence-electron chi connectivity index (χ1n) is 9.81. The number of benzene rings is 1. The maximum absolute atomic E-state index is 12.9. The average Bonchev–Trinajstić information content (AvgIpc) is 3.38. The van der Waals surface area contributed by atoms with Crippen LogP contribution in [0.15, 0.2) is 34.2 Å². The molecule has 0 bridgehead atoms. The van der Waals surface area contributed by atoms with E-state index in [2.05, 4.69) is 20.4 Å². The number of nitrogens with zero attached hydrogens (tertiary/aromatic N) is 3. The van der Waals surface area contributed by atoms with Crippen LogP contribution in [0.4, 0.5) is 0 Å². The number of nitrogens with one attached hydrogen (secondary N) is 1. The molecule has 0 radical (unpaired) electrons. The molecule has 0 unspecified atom stereocenters. The molecule has 152 valence electrons. The highest BCUT2D eigenvalue weighted by atomic mass is 32.1. The second-order valence-electron chi connectivity index (χ2n) is 7.46. The van der Waals surface area contributed by atoms with E-state index >= 15 is 0 Å². The monoisotopic (exact) mass is 412 g/mol. The van der Waals surface area contributed by atoms with Crippen LogP contribution in [0.25, 0.3) is 0 Å². The maximum atomic E-state index is 12.9. The molecule has 2 aromatic heterocycles. The summed E-state index contributed by atoms with van der Waals surface area (Å²) in [4.78, 5) is 21.8. The van der Waals surface area contributed by atoms with E-state index in [-0.39, 0.29) is 5.91 Å². The summed E-state index contributed by atoms with van der Waals surface area (Å²) in [6.07, 6.45) is 4.77. The van der Waals surface area contributed by atoms with Crippen LogP contribution in [0.1, 0.15) is 64.9 Å². The van der Waals surface area contributed by atoms with Crippen molar-refractivity contribution >= 4 is 17.2 Å². The van der Waals surface area contributed by atoms with Crippen LogP contribution < -0.4 is 10.1 Å². The molecule has 1 aliphatic carbocycles. The molecule has 1 aromatic carbocycles. The largest absolute Gasteiger partial charge is 0.486 e. The molecule has 1 amide bonds. The van der Waals surface area contributed by atoms with Crippen LogP contribution in [0, 0.1) is 13.8 Å². The van der Waals surface area contributed by atoms with Crippen LogP contribution in [-0.2, 0) is 12.1 Å². The minimum Gasteiger partial charge on any atom is -0.486 e. The highest BCUT2D eigenvalue weighted by Gasteiger charge is 2.40. The van der Waals surface area contributed by atoms with Crippen molar-refractivity contribution in [1.29, 1.82) is 0 Å². The van der Waals surface area contributed by atoms with Crippen molar-refractivity contribution in [1.82, 2.24) is 20.4 Å². The Labute approximate surface area is 173 Å². The summed E-state index contributed by atoms with van der Waals surface area (Å²) in [7, 11) is 0. The molecule has 1 saturated carbocycles. The SMILES string of the molecule is Cc1ccc(OCc2nc(C(=O)NC3(c4noc(C)n4)CCCCC3)cs2)cc1. The van der Waals surface area contributed by atoms with E-state index in [4.69, 9.17) is 9.26 Å². The van der Waals surface area contributed by atoms with Crippen molar-refractivity contribution in [2.75, 3.05) is 0 Å². The standard InChI is InChI=1S/C21H24N4O3S/c1-14-6-8-16(9-7-14)27-12-18-23-17(13-29-18)19(26)24-21(10-4-3-5-11-21)20-22-15(2)28-25-20/h6-9,13H,3-5,10-12H2,1-2H3,(H,24,26). The Kier molecular flexibility index (Phi) is 5.62. The Morgan fingerprint density at radius 3 is 2.62 bits per heavy atom. The molecule has 0 spiro atoms. The van der Waals surface area contributed by atoms with Crippen LogP contribution in [0.2, 0.25) is 0 Å². The number of amides is 1. The zero-order chi connectivity index (χ0) is 20.3. The first kappa shape index (κ1) is 19.6. The number of carbonyl (C=O) groups is 1. The van der Waals surface area contributed by atoms with Crippen molar-refractivity contribution in [2.24, 2.45) is 0 Å². The van der Waals surface area contributed by atoms with Crippen LogP contribution in [0.5, 0.6) is 5.75 Å². The number of rotatable bonds is 6. The summed E-state index contributed by atoms with van der Waals surface area (Å²) in [5.74, 6) is 1.63. The average molecular weight is 413 g/mol. The van der Waals surface area contributed by atoms with Gasteiger partial charge in [-0.25, -0.2) is 4.98 Å². The van der Waals surface area contributed by atoms with Crippen LogP contribution in [0.3, 0.4) is 0 Å². The second-order valence-corrected chi connectivity index (χ2v) is 8.40. The molecule has 2 heterocycles. The Morgan fingerprint density at radius 2 is 1.93 bits per heavy atom. The Balaban J connectivity index is 1.44. The van der Waals surface area contributed by atoms with E-state index in [1.54, 1.807) is 12.3 Å². The van der Waals surface area contributed by atoms with E-state index in [1.165, 1.54) is 16.9 Å². The molecule has 1 aliphatic rings. The van der Waals surface area contributed by atoms with Crippen molar-refractivity contribution in [3.63, 3.8) is 0 Å². The molecule has 0 aliphatic heterocycles. The van der Waals surface area contributed by atoms with Gasteiger partial charge in [0.1, 0.15) is 28.6 Å². The van der Waals surface area contributed by atoms with Crippen LogP contribution >= 0.6 is 11.3 Å². The molecular formula is C21H24N4O3S. The normalized spacial score (nSPS) is 15.8. The van der Waals surface area contributed by atoms with E-state index < -0.39 is 5.54 Å².